The lowest BCUT2D eigenvalue weighted by Gasteiger charge is -2.04. The molecule has 0 aliphatic rings. The van der Waals surface area contributed by atoms with E-state index in [9.17, 15) is 19.3 Å². The van der Waals surface area contributed by atoms with Crippen molar-refractivity contribution in [2.24, 2.45) is 0 Å². The van der Waals surface area contributed by atoms with E-state index in [0.29, 0.717) is 11.3 Å². The zero-order chi connectivity index (χ0) is 22.5. The Morgan fingerprint density at radius 1 is 1.12 bits per heavy atom. The number of rotatable bonds is 8. The van der Waals surface area contributed by atoms with Crippen LogP contribution in [0.4, 0.5) is 15.9 Å². The van der Waals surface area contributed by atoms with Crippen molar-refractivity contribution in [1.82, 2.24) is 9.78 Å². The zero-order valence-corrected chi connectivity index (χ0v) is 16.6. The van der Waals surface area contributed by atoms with Gasteiger partial charge in [-0.2, -0.15) is 5.10 Å². The van der Waals surface area contributed by atoms with Gasteiger partial charge in [-0.05, 0) is 24.3 Å². The highest BCUT2D eigenvalue weighted by atomic mass is 19.1. The van der Waals surface area contributed by atoms with Gasteiger partial charge in [0.15, 0.2) is 17.3 Å². The summed E-state index contributed by atoms with van der Waals surface area (Å²) in [5, 5.41) is 17.9. The quantitative estimate of drug-likeness (QED) is 0.324. The number of carbonyl (C=O) groups excluding carboxylic acids is 1. The van der Waals surface area contributed by atoms with E-state index in [4.69, 9.17) is 9.15 Å². The molecule has 4 rings (SSSR count). The summed E-state index contributed by atoms with van der Waals surface area (Å²) in [6.45, 7) is 0.131. The van der Waals surface area contributed by atoms with Gasteiger partial charge in [0.1, 0.15) is 18.2 Å². The average Bonchev–Trinajstić information content (AvgIpc) is 3.44. The number of halogens is 1. The first kappa shape index (κ1) is 20.8. The maximum absolute atomic E-state index is 13.8. The van der Waals surface area contributed by atoms with E-state index in [1.165, 1.54) is 35.0 Å². The number of hydrogen-bond donors (Lipinski definition) is 1. The number of anilines is 1. The first-order chi connectivity index (χ1) is 15.5. The van der Waals surface area contributed by atoms with E-state index < -0.39 is 10.8 Å². The minimum absolute atomic E-state index is 0.0230. The molecule has 0 unspecified atom stereocenters. The number of para-hydroxylation sites is 2. The highest BCUT2D eigenvalue weighted by Crippen LogP contribution is 2.27. The van der Waals surface area contributed by atoms with E-state index in [1.807, 2.05) is 0 Å². The Kier molecular flexibility index (Phi) is 5.93. The van der Waals surface area contributed by atoms with E-state index in [2.05, 4.69) is 10.4 Å². The average molecular weight is 436 g/mol. The normalized spacial score (nSPS) is 10.7. The van der Waals surface area contributed by atoms with Crippen LogP contribution >= 0.6 is 0 Å². The van der Waals surface area contributed by atoms with E-state index >= 15 is 0 Å². The topological polar surface area (TPSA) is 112 Å². The van der Waals surface area contributed by atoms with Gasteiger partial charge in [0, 0.05) is 23.9 Å². The summed E-state index contributed by atoms with van der Waals surface area (Å²) in [6.07, 6.45) is 1.62. The fourth-order valence-electron chi connectivity index (χ4n) is 2.95. The fourth-order valence-corrected chi connectivity index (χ4v) is 2.95. The van der Waals surface area contributed by atoms with Crippen LogP contribution in [-0.2, 0) is 13.2 Å². The molecule has 2 heterocycles. The maximum Gasteiger partial charge on any atom is 0.310 e. The minimum Gasteiger partial charge on any atom is -0.479 e. The van der Waals surface area contributed by atoms with E-state index in [1.54, 1.807) is 42.6 Å². The van der Waals surface area contributed by atoms with Crippen LogP contribution < -0.4 is 10.1 Å². The number of furan rings is 1. The van der Waals surface area contributed by atoms with Crippen molar-refractivity contribution in [2.75, 3.05) is 5.32 Å². The van der Waals surface area contributed by atoms with Gasteiger partial charge in [-0.1, -0.05) is 30.3 Å². The second-order valence-electron chi connectivity index (χ2n) is 6.72. The molecular formula is C22H17FN4O5. The number of aromatic nitrogens is 2. The van der Waals surface area contributed by atoms with Crippen LogP contribution in [0.25, 0.3) is 0 Å². The molecule has 0 spiro atoms. The van der Waals surface area contributed by atoms with Crippen molar-refractivity contribution in [3.63, 3.8) is 0 Å². The van der Waals surface area contributed by atoms with Gasteiger partial charge in [0.05, 0.1) is 11.5 Å². The molecule has 2 aromatic carbocycles. The minimum atomic E-state index is -0.540. The summed E-state index contributed by atoms with van der Waals surface area (Å²) in [4.78, 5) is 22.9. The van der Waals surface area contributed by atoms with Gasteiger partial charge in [-0.3, -0.25) is 19.6 Å². The predicted molar refractivity (Wildman–Crippen MR) is 112 cm³/mol. The van der Waals surface area contributed by atoms with Crippen molar-refractivity contribution in [1.29, 1.82) is 0 Å². The summed E-state index contributed by atoms with van der Waals surface area (Å²) in [6, 6.07) is 16.9. The number of amides is 1. The fraction of sp³-hybridized carbons (Fsp3) is 0.0909. The first-order valence-electron chi connectivity index (χ1n) is 9.53. The van der Waals surface area contributed by atoms with Crippen molar-refractivity contribution in [3.8, 4) is 5.75 Å². The van der Waals surface area contributed by atoms with Gasteiger partial charge >= 0.3 is 5.69 Å². The molecule has 0 fully saturated rings. The summed E-state index contributed by atoms with van der Waals surface area (Å²) in [5.41, 5.74) is 0.311. The number of carbonyl (C=O) groups is 1. The zero-order valence-electron chi connectivity index (χ0n) is 16.6. The number of ether oxygens (including phenoxy) is 1. The van der Waals surface area contributed by atoms with Crippen molar-refractivity contribution < 1.29 is 23.3 Å². The van der Waals surface area contributed by atoms with Crippen LogP contribution in [0.5, 0.6) is 5.75 Å². The molecule has 0 atom stereocenters. The standard InChI is InChI=1S/C22H17FN4O5/c23-17-6-2-1-5-15(17)13-26-12-11-21(25-26)24-22(28)20-10-9-16(32-20)14-31-19-8-4-3-7-18(19)27(29)30/h1-12H,13-14H2,(H,24,25,28). The second kappa shape index (κ2) is 9.13. The Balaban J connectivity index is 1.36. The molecule has 0 aliphatic carbocycles. The summed E-state index contributed by atoms with van der Waals surface area (Å²) in [7, 11) is 0. The molecular weight excluding hydrogens is 419 g/mol. The lowest BCUT2D eigenvalue weighted by atomic mass is 10.2. The number of nitrogens with one attached hydrogen (secondary N) is 1. The maximum atomic E-state index is 13.8. The third kappa shape index (κ3) is 4.81. The number of hydrogen-bond acceptors (Lipinski definition) is 6. The number of benzene rings is 2. The number of nitro benzene ring substituents is 1. The van der Waals surface area contributed by atoms with Crippen LogP contribution in [0.1, 0.15) is 21.9 Å². The third-order valence-electron chi connectivity index (χ3n) is 4.49. The van der Waals surface area contributed by atoms with E-state index in [0.717, 1.165) is 0 Å². The second-order valence-corrected chi connectivity index (χ2v) is 6.72. The molecule has 1 amide bonds. The number of nitro groups is 1. The lowest BCUT2D eigenvalue weighted by molar-refractivity contribution is -0.386. The van der Waals surface area contributed by atoms with Crippen LogP contribution in [-0.4, -0.2) is 20.6 Å². The van der Waals surface area contributed by atoms with Crippen LogP contribution in [0.2, 0.25) is 0 Å². The molecule has 0 saturated carbocycles. The van der Waals surface area contributed by atoms with Crippen LogP contribution in [0.15, 0.2) is 77.3 Å². The molecule has 9 nitrogen and oxygen atoms in total. The van der Waals surface area contributed by atoms with Gasteiger partial charge in [0.2, 0.25) is 0 Å². The van der Waals surface area contributed by atoms with Crippen LogP contribution in [0.3, 0.4) is 0 Å². The highest BCUT2D eigenvalue weighted by Gasteiger charge is 2.16. The third-order valence-corrected chi connectivity index (χ3v) is 4.49. The Bertz CT molecular complexity index is 1270. The Morgan fingerprint density at radius 2 is 1.91 bits per heavy atom. The predicted octanol–water partition coefficient (Wildman–Crippen LogP) is 4.40. The Morgan fingerprint density at radius 3 is 2.72 bits per heavy atom. The molecule has 0 saturated heterocycles. The SMILES string of the molecule is O=C(Nc1ccn(Cc2ccccc2F)n1)c1ccc(COc2ccccc2[N+](=O)[O-])o1. The Hall–Kier alpha value is -4.47. The first-order valence-corrected chi connectivity index (χ1v) is 9.53. The molecule has 1 N–H and O–H groups in total. The van der Waals surface area contributed by atoms with Crippen LogP contribution in [0, 0.1) is 15.9 Å². The summed E-state index contributed by atoms with van der Waals surface area (Å²) < 4.78 is 26.2. The molecule has 0 aliphatic heterocycles. The number of nitrogens with zero attached hydrogens (tertiary/aromatic N) is 3. The van der Waals surface area contributed by atoms with Crippen molar-refractivity contribution in [2.45, 2.75) is 13.2 Å². The molecule has 2 aromatic heterocycles. The molecule has 0 bridgehead atoms. The summed E-state index contributed by atoms with van der Waals surface area (Å²) >= 11 is 0. The molecule has 4 aromatic rings. The van der Waals surface area contributed by atoms with Gasteiger partial charge < -0.3 is 14.5 Å². The van der Waals surface area contributed by atoms with Gasteiger partial charge in [-0.25, -0.2) is 4.39 Å². The molecule has 0 radical (unpaired) electrons. The van der Waals surface area contributed by atoms with E-state index in [-0.39, 0.29) is 42.0 Å². The summed E-state index contributed by atoms with van der Waals surface area (Å²) in [5.74, 6) is -0.147. The lowest BCUT2D eigenvalue weighted by Crippen LogP contribution is -2.12. The molecule has 162 valence electrons. The van der Waals surface area contributed by atoms with Gasteiger partial charge in [-0.15, -0.1) is 0 Å². The van der Waals surface area contributed by atoms with Crippen molar-refractivity contribution >= 4 is 17.4 Å². The smallest absolute Gasteiger partial charge is 0.310 e. The van der Waals surface area contributed by atoms with Crippen molar-refractivity contribution in [3.05, 3.63) is 106 Å². The monoisotopic (exact) mass is 436 g/mol. The largest absolute Gasteiger partial charge is 0.479 e. The highest BCUT2D eigenvalue weighted by molar-refractivity contribution is 6.01. The Labute approximate surface area is 181 Å². The molecule has 10 heteroatoms. The van der Waals surface area contributed by atoms with Gasteiger partial charge in [0.25, 0.3) is 5.91 Å². The molecule has 32 heavy (non-hydrogen) atoms.